The Morgan fingerprint density at radius 1 is 1.28 bits per heavy atom. The first-order chi connectivity index (χ1) is 8.44. The van der Waals surface area contributed by atoms with Gasteiger partial charge in [0.25, 0.3) is 5.95 Å². The van der Waals surface area contributed by atoms with E-state index in [1.165, 1.54) is 0 Å². The van der Waals surface area contributed by atoms with Crippen molar-refractivity contribution in [2.45, 2.75) is 32.2 Å². The third-order valence-corrected chi connectivity index (χ3v) is 3.23. The molecule has 1 fully saturated rings. The van der Waals surface area contributed by atoms with Crippen LogP contribution < -0.4 is 10.6 Å². The highest BCUT2D eigenvalue weighted by atomic mass is 16.5. The Bertz CT molecular complexity index is 376. The molecule has 0 bridgehead atoms. The summed E-state index contributed by atoms with van der Waals surface area (Å²) in [4.78, 5) is 8.90. The SMILES string of the molecule is CN1CCN(c2noc(CCC(C)(C)N)n2)CC1. The van der Waals surface area contributed by atoms with Crippen molar-refractivity contribution < 1.29 is 4.52 Å². The molecule has 2 N–H and O–H groups in total. The summed E-state index contributed by atoms with van der Waals surface area (Å²) in [5, 5.41) is 4.05. The molecule has 1 aromatic rings. The fourth-order valence-corrected chi connectivity index (χ4v) is 1.91. The molecular weight excluding hydrogens is 230 g/mol. The average Bonchev–Trinajstić information content (AvgIpc) is 2.75. The molecule has 1 saturated heterocycles. The molecule has 1 aromatic heterocycles. The Labute approximate surface area is 108 Å². The van der Waals surface area contributed by atoms with E-state index in [1.54, 1.807) is 0 Å². The van der Waals surface area contributed by atoms with Crippen molar-refractivity contribution in [1.29, 1.82) is 0 Å². The van der Waals surface area contributed by atoms with Gasteiger partial charge in [-0.15, -0.1) is 0 Å². The summed E-state index contributed by atoms with van der Waals surface area (Å²) >= 11 is 0. The van der Waals surface area contributed by atoms with Gasteiger partial charge in [0.1, 0.15) is 0 Å². The highest BCUT2D eigenvalue weighted by Crippen LogP contribution is 2.14. The van der Waals surface area contributed by atoms with Crippen molar-refractivity contribution in [1.82, 2.24) is 15.0 Å². The molecule has 2 rings (SSSR count). The van der Waals surface area contributed by atoms with Crippen LogP contribution in [0.3, 0.4) is 0 Å². The third-order valence-electron chi connectivity index (χ3n) is 3.23. The van der Waals surface area contributed by atoms with Crippen molar-refractivity contribution >= 4 is 5.95 Å². The van der Waals surface area contributed by atoms with E-state index in [0.29, 0.717) is 11.8 Å². The van der Waals surface area contributed by atoms with E-state index < -0.39 is 0 Å². The monoisotopic (exact) mass is 253 g/mol. The van der Waals surface area contributed by atoms with E-state index >= 15 is 0 Å². The summed E-state index contributed by atoms with van der Waals surface area (Å²) in [7, 11) is 2.13. The van der Waals surface area contributed by atoms with Gasteiger partial charge in [-0.1, -0.05) is 0 Å². The maximum atomic E-state index is 5.94. The Balaban J connectivity index is 1.90. The normalized spacial score (nSPS) is 18.3. The second kappa shape index (κ2) is 5.24. The molecule has 102 valence electrons. The van der Waals surface area contributed by atoms with Gasteiger partial charge in [-0.25, -0.2) is 0 Å². The number of nitrogens with two attached hydrogens (primary N) is 1. The minimum absolute atomic E-state index is 0.192. The summed E-state index contributed by atoms with van der Waals surface area (Å²) in [5.74, 6) is 1.40. The molecule has 0 radical (unpaired) electrons. The Morgan fingerprint density at radius 2 is 1.94 bits per heavy atom. The lowest BCUT2D eigenvalue weighted by atomic mass is 10.0. The molecule has 0 aliphatic carbocycles. The van der Waals surface area contributed by atoms with Crippen molar-refractivity contribution in [3.63, 3.8) is 0 Å². The van der Waals surface area contributed by atoms with Crippen LogP contribution in [-0.2, 0) is 6.42 Å². The molecule has 2 heterocycles. The second-order valence-corrected chi connectivity index (χ2v) is 5.77. The van der Waals surface area contributed by atoms with E-state index in [0.717, 1.165) is 39.0 Å². The Kier molecular flexibility index (Phi) is 3.87. The van der Waals surface area contributed by atoms with Crippen LogP contribution in [0, 0.1) is 0 Å². The number of hydrogen-bond donors (Lipinski definition) is 1. The number of rotatable bonds is 4. The molecule has 0 amide bonds. The average molecular weight is 253 g/mol. The van der Waals surface area contributed by atoms with E-state index in [-0.39, 0.29) is 5.54 Å². The van der Waals surface area contributed by atoms with Crippen molar-refractivity contribution in [3.05, 3.63) is 5.89 Å². The van der Waals surface area contributed by atoms with Crippen LogP contribution in [0.1, 0.15) is 26.2 Å². The number of aryl methyl sites for hydroxylation is 1. The standard InChI is InChI=1S/C12H23N5O/c1-12(2,13)5-4-10-14-11(15-18-10)17-8-6-16(3)7-9-17/h4-9,13H2,1-3H3. The van der Waals surface area contributed by atoms with Crippen molar-refractivity contribution in [3.8, 4) is 0 Å². The number of nitrogens with zero attached hydrogens (tertiary/aromatic N) is 4. The molecule has 0 saturated carbocycles. The van der Waals surface area contributed by atoms with Gasteiger partial charge in [0.15, 0.2) is 0 Å². The Hall–Kier alpha value is -1.14. The van der Waals surface area contributed by atoms with Crippen LogP contribution in [0.15, 0.2) is 4.52 Å². The third kappa shape index (κ3) is 3.68. The van der Waals surface area contributed by atoms with Gasteiger partial charge < -0.3 is 20.1 Å². The maximum absolute atomic E-state index is 5.94. The molecular formula is C12H23N5O. The number of aromatic nitrogens is 2. The second-order valence-electron chi connectivity index (χ2n) is 5.77. The number of likely N-dealkylation sites (N-methyl/N-ethyl adjacent to an activating group) is 1. The predicted octanol–water partition coefficient (Wildman–Crippen LogP) is 0.491. The fraction of sp³-hybridized carbons (Fsp3) is 0.833. The van der Waals surface area contributed by atoms with Crippen LogP contribution in [0.2, 0.25) is 0 Å². The van der Waals surface area contributed by atoms with Crippen LogP contribution >= 0.6 is 0 Å². The summed E-state index contributed by atoms with van der Waals surface area (Å²) in [6, 6.07) is 0. The van der Waals surface area contributed by atoms with E-state index in [9.17, 15) is 0 Å². The Morgan fingerprint density at radius 3 is 2.56 bits per heavy atom. The number of piperazine rings is 1. The lowest BCUT2D eigenvalue weighted by Crippen LogP contribution is -2.44. The topological polar surface area (TPSA) is 71.4 Å². The molecule has 0 atom stereocenters. The van der Waals surface area contributed by atoms with Crippen LogP contribution in [-0.4, -0.2) is 53.8 Å². The highest BCUT2D eigenvalue weighted by molar-refractivity contribution is 5.28. The summed E-state index contributed by atoms with van der Waals surface area (Å²) < 4.78 is 5.27. The van der Waals surface area contributed by atoms with Gasteiger partial charge in [-0.2, -0.15) is 4.98 Å². The number of hydrogen-bond acceptors (Lipinski definition) is 6. The zero-order chi connectivity index (χ0) is 13.2. The number of anilines is 1. The molecule has 0 spiro atoms. The highest BCUT2D eigenvalue weighted by Gasteiger charge is 2.20. The van der Waals surface area contributed by atoms with Gasteiger partial charge >= 0.3 is 0 Å². The molecule has 18 heavy (non-hydrogen) atoms. The quantitative estimate of drug-likeness (QED) is 0.842. The van der Waals surface area contributed by atoms with Gasteiger partial charge in [0.05, 0.1) is 0 Å². The van der Waals surface area contributed by atoms with Gasteiger partial charge in [-0.3, -0.25) is 0 Å². The summed E-state index contributed by atoms with van der Waals surface area (Å²) in [6.07, 6.45) is 1.58. The maximum Gasteiger partial charge on any atom is 0.266 e. The van der Waals surface area contributed by atoms with Gasteiger partial charge in [0, 0.05) is 38.1 Å². The summed E-state index contributed by atoms with van der Waals surface area (Å²) in [6.45, 7) is 8.00. The lowest BCUT2D eigenvalue weighted by molar-refractivity contribution is 0.308. The molecule has 1 aliphatic rings. The zero-order valence-electron chi connectivity index (χ0n) is 11.5. The predicted molar refractivity (Wildman–Crippen MR) is 70.6 cm³/mol. The molecule has 6 heteroatoms. The molecule has 0 unspecified atom stereocenters. The zero-order valence-corrected chi connectivity index (χ0v) is 11.5. The fourth-order valence-electron chi connectivity index (χ4n) is 1.91. The molecule has 1 aliphatic heterocycles. The van der Waals surface area contributed by atoms with E-state index in [2.05, 4.69) is 27.0 Å². The minimum Gasteiger partial charge on any atom is -0.337 e. The molecule has 6 nitrogen and oxygen atoms in total. The van der Waals surface area contributed by atoms with Gasteiger partial charge in [0.2, 0.25) is 5.89 Å². The largest absolute Gasteiger partial charge is 0.337 e. The smallest absolute Gasteiger partial charge is 0.266 e. The molecule has 0 aromatic carbocycles. The first-order valence-corrected chi connectivity index (χ1v) is 6.49. The van der Waals surface area contributed by atoms with Crippen molar-refractivity contribution in [2.75, 3.05) is 38.1 Å². The van der Waals surface area contributed by atoms with Gasteiger partial charge in [-0.05, 0) is 32.5 Å². The minimum atomic E-state index is -0.192. The van der Waals surface area contributed by atoms with Crippen molar-refractivity contribution in [2.24, 2.45) is 5.73 Å². The lowest BCUT2D eigenvalue weighted by Gasteiger charge is -2.31. The van der Waals surface area contributed by atoms with E-state index in [4.69, 9.17) is 10.3 Å². The summed E-state index contributed by atoms with van der Waals surface area (Å²) in [5.41, 5.74) is 5.75. The first-order valence-electron chi connectivity index (χ1n) is 6.49. The first kappa shape index (κ1) is 13.3. The van der Waals surface area contributed by atoms with Crippen LogP contribution in [0.5, 0.6) is 0 Å². The van der Waals surface area contributed by atoms with Crippen LogP contribution in [0.4, 0.5) is 5.95 Å². The van der Waals surface area contributed by atoms with E-state index in [1.807, 2.05) is 13.8 Å². The van der Waals surface area contributed by atoms with Crippen LogP contribution in [0.25, 0.3) is 0 Å².